The topological polar surface area (TPSA) is 0 Å². The van der Waals surface area contributed by atoms with Gasteiger partial charge in [-0.1, -0.05) is 72.9 Å². The maximum Gasteiger partial charge on any atom is -0.0166 e. The Labute approximate surface area is 86.3 Å². The Bertz CT molecular complexity index is 266. The summed E-state index contributed by atoms with van der Waals surface area (Å²) in [6.45, 7) is 0. The first-order valence-corrected chi connectivity index (χ1v) is 4.97. The molecular weight excluding hydrogens is 168 g/mol. The molecule has 0 aromatic heterocycles. The van der Waals surface area contributed by atoms with E-state index < -0.39 is 0 Å². The van der Waals surface area contributed by atoms with Gasteiger partial charge < -0.3 is 0 Å². The van der Waals surface area contributed by atoms with Crippen molar-refractivity contribution in [3.05, 3.63) is 72.9 Å². The summed E-state index contributed by atoms with van der Waals surface area (Å²) in [6, 6.07) is 0. The Balaban J connectivity index is 2.56. The molecule has 0 nitrogen and oxygen atoms in total. The Morgan fingerprint density at radius 3 is 1.14 bits per heavy atom. The average Bonchev–Trinajstić information content (AvgIpc) is 2.22. The van der Waals surface area contributed by atoms with Crippen molar-refractivity contribution in [2.24, 2.45) is 0 Å². The van der Waals surface area contributed by atoms with Gasteiger partial charge in [-0.2, -0.15) is 0 Å². The van der Waals surface area contributed by atoms with E-state index in [4.69, 9.17) is 0 Å². The first kappa shape index (κ1) is 10.5. The molecule has 0 unspecified atom stereocenters. The third-order valence-corrected chi connectivity index (χ3v) is 1.76. The Hall–Kier alpha value is -1.56. The smallest absolute Gasteiger partial charge is 0.0166 e. The van der Waals surface area contributed by atoms with E-state index in [0.29, 0.717) is 0 Å². The molecule has 0 spiro atoms. The second-order valence-corrected chi connectivity index (χ2v) is 2.95. The quantitative estimate of drug-likeness (QED) is 0.497. The molecule has 0 aromatic rings. The first-order chi connectivity index (χ1) is 7.00. The minimum Gasteiger partial charge on any atom is -0.0844 e. The van der Waals surface area contributed by atoms with E-state index in [9.17, 15) is 0 Å². The van der Waals surface area contributed by atoms with Crippen molar-refractivity contribution >= 4 is 0 Å². The van der Waals surface area contributed by atoms with Crippen molar-refractivity contribution in [1.29, 1.82) is 0 Å². The first-order valence-electron chi connectivity index (χ1n) is 4.97. The third kappa shape index (κ3) is 6.01. The van der Waals surface area contributed by atoms with E-state index in [1.165, 1.54) is 0 Å². The lowest BCUT2D eigenvalue weighted by Crippen LogP contribution is -1.61. The molecule has 1 aliphatic rings. The summed E-state index contributed by atoms with van der Waals surface area (Å²) < 4.78 is 0. The Morgan fingerprint density at radius 1 is 0.357 bits per heavy atom. The van der Waals surface area contributed by atoms with Crippen molar-refractivity contribution in [3.63, 3.8) is 0 Å². The van der Waals surface area contributed by atoms with Gasteiger partial charge in [0.15, 0.2) is 0 Å². The van der Waals surface area contributed by atoms with Crippen LogP contribution < -0.4 is 0 Å². The molecule has 0 atom stereocenters. The van der Waals surface area contributed by atoms with Gasteiger partial charge in [-0.25, -0.2) is 0 Å². The van der Waals surface area contributed by atoms with Crippen LogP contribution in [0.15, 0.2) is 72.9 Å². The standard InChI is InChI=1S/C14H16/c1-2-4-6-8-10-12-14-13-11-9-7-5-3-1/h1-10,13-14H,11-12H2/b2-1-,5-3-,6-4-,9-7-,10-8-,14-13-. The van der Waals surface area contributed by atoms with Crippen LogP contribution in [0, 0.1) is 0 Å². The summed E-state index contributed by atoms with van der Waals surface area (Å²) >= 11 is 0. The number of hydrogen-bond donors (Lipinski definition) is 0. The van der Waals surface area contributed by atoms with Crippen LogP contribution in [0.1, 0.15) is 12.8 Å². The fraction of sp³-hybridized carbons (Fsp3) is 0.143. The second kappa shape index (κ2) is 8.06. The van der Waals surface area contributed by atoms with Crippen molar-refractivity contribution in [2.45, 2.75) is 12.8 Å². The van der Waals surface area contributed by atoms with Crippen molar-refractivity contribution < 1.29 is 0 Å². The highest BCUT2D eigenvalue weighted by molar-refractivity contribution is 5.18. The fourth-order valence-corrected chi connectivity index (χ4v) is 1.05. The normalized spacial score (nSPS) is 30.9. The van der Waals surface area contributed by atoms with Crippen LogP contribution in [0.3, 0.4) is 0 Å². The van der Waals surface area contributed by atoms with Crippen LogP contribution in [0.25, 0.3) is 0 Å². The lowest BCUT2D eigenvalue weighted by Gasteiger charge is -1.83. The molecule has 0 saturated heterocycles. The predicted molar refractivity (Wildman–Crippen MR) is 64.1 cm³/mol. The molecule has 0 heterocycles. The largest absolute Gasteiger partial charge is 0.0844 e. The van der Waals surface area contributed by atoms with Crippen molar-refractivity contribution in [3.8, 4) is 0 Å². The van der Waals surface area contributed by atoms with Gasteiger partial charge in [-0.3, -0.25) is 0 Å². The third-order valence-electron chi connectivity index (χ3n) is 1.76. The Morgan fingerprint density at radius 2 is 0.714 bits per heavy atom. The van der Waals surface area contributed by atoms with Gasteiger partial charge in [-0.15, -0.1) is 0 Å². The summed E-state index contributed by atoms with van der Waals surface area (Å²) in [4.78, 5) is 0. The summed E-state index contributed by atoms with van der Waals surface area (Å²) in [5.74, 6) is 0. The maximum absolute atomic E-state index is 2.18. The molecule has 0 radical (unpaired) electrons. The SMILES string of the molecule is C1=C\C=C/C=C\C/C=C\C/C=C\C=C/1. The lowest BCUT2D eigenvalue weighted by molar-refractivity contribution is 1.31. The van der Waals surface area contributed by atoms with Crippen LogP contribution in [-0.2, 0) is 0 Å². The number of allylic oxidation sites excluding steroid dienone is 12. The highest BCUT2D eigenvalue weighted by Gasteiger charge is 1.72. The molecular formula is C14H16. The van der Waals surface area contributed by atoms with E-state index in [1.54, 1.807) is 0 Å². The van der Waals surface area contributed by atoms with Gasteiger partial charge in [0, 0.05) is 0 Å². The van der Waals surface area contributed by atoms with E-state index in [-0.39, 0.29) is 0 Å². The molecule has 0 aliphatic heterocycles. The molecule has 0 N–H and O–H groups in total. The molecule has 0 bridgehead atoms. The van der Waals surface area contributed by atoms with Crippen LogP contribution in [-0.4, -0.2) is 0 Å². The van der Waals surface area contributed by atoms with Crippen LogP contribution in [0.4, 0.5) is 0 Å². The molecule has 1 rings (SSSR count). The molecule has 0 amide bonds. The second-order valence-electron chi connectivity index (χ2n) is 2.95. The van der Waals surface area contributed by atoms with Crippen LogP contribution in [0.5, 0.6) is 0 Å². The lowest BCUT2D eigenvalue weighted by atomic mass is 10.2. The van der Waals surface area contributed by atoms with Gasteiger partial charge in [0.1, 0.15) is 0 Å². The van der Waals surface area contributed by atoms with Gasteiger partial charge in [0.2, 0.25) is 0 Å². The van der Waals surface area contributed by atoms with E-state index in [2.05, 4.69) is 36.5 Å². The average molecular weight is 184 g/mol. The summed E-state index contributed by atoms with van der Waals surface area (Å²) in [6.07, 6.45) is 27.0. The molecule has 72 valence electrons. The zero-order valence-corrected chi connectivity index (χ0v) is 8.34. The highest BCUT2D eigenvalue weighted by atomic mass is 13.8. The zero-order chi connectivity index (χ0) is 9.90. The molecule has 0 fully saturated rings. The molecule has 14 heavy (non-hydrogen) atoms. The molecule has 0 aromatic carbocycles. The highest BCUT2D eigenvalue weighted by Crippen LogP contribution is 1.93. The molecule has 0 heteroatoms. The van der Waals surface area contributed by atoms with Crippen LogP contribution >= 0.6 is 0 Å². The predicted octanol–water partition coefficient (Wildman–Crippen LogP) is 4.12. The van der Waals surface area contributed by atoms with Crippen LogP contribution in [0.2, 0.25) is 0 Å². The van der Waals surface area contributed by atoms with Crippen molar-refractivity contribution in [2.75, 3.05) is 0 Å². The van der Waals surface area contributed by atoms with E-state index >= 15 is 0 Å². The molecule has 0 saturated carbocycles. The van der Waals surface area contributed by atoms with Gasteiger partial charge >= 0.3 is 0 Å². The summed E-state index contributed by atoms with van der Waals surface area (Å²) in [5, 5.41) is 0. The van der Waals surface area contributed by atoms with E-state index in [0.717, 1.165) is 12.8 Å². The van der Waals surface area contributed by atoms with Gasteiger partial charge in [-0.05, 0) is 12.8 Å². The number of rotatable bonds is 0. The minimum atomic E-state index is 1.01. The summed E-state index contributed by atoms with van der Waals surface area (Å²) in [7, 11) is 0. The van der Waals surface area contributed by atoms with E-state index in [1.807, 2.05) is 36.5 Å². The minimum absolute atomic E-state index is 1.01. The Kier molecular flexibility index (Phi) is 6.05. The zero-order valence-electron chi connectivity index (χ0n) is 8.34. The number of hydrogen-bond acceptors (Lipinski definition) is 0. The van der Waals surface area contributed by atoms with Gasteiger partial charge in [0.25, 0.3) is 0 Å². The van der Waals surface area contributed by atoms with Crippen molar-refractivity contribution in [1.82, 2.24) is 0 Å². The summed E-state index contributed by atoms with van der Waals surface area (Å²) in [5.41, 5.74) is 0. The maximum atomic E-state index is 2.18. The molecule has 1 aliphatic carbocycles. The monoisotopic (exact) mass is 184 g/mol. The fourth-order valence-electron chi connectivity index (χ4n) is 1.05. The van der Waals surface area contributed by atoms with Gasteiger partial charge in [0.05, 0.1) is 0 Å².